The van der Waals surface area contributed by atoms with E-state index in [0.29, 0.717) is 18.0 Å². The minimum atomic E-state index is 0.293. The zero-order valence-electron chi connectivity index (χ0n) is 15.0. The lowest BCUT2D eigenvalue weighted by Gasteiger charge is -2.44. The smallest absolute Gasteiger partial charge is 0.234 e. The number of hydrogen-bond donors (Lipinski definition) is 0. The van der Waals surface area contributed by atoms with Gasteiger partial charge < -0.3 is 4.74 Å². The Morgan fingerprint density at radius 2 is 1.93 bits per heavy atom. The largest absolute Gasteiger partial charge is 0.378 e. The van der Waals surface area contributed by atoms with Gasteiger partial charge in [0.2, 0.25) is 5.95 Å². The summed E-state index contributed by atoms with van der Waals surface area (Å²) in [4.78, 5) is 15.6. The minimum absolute atomic E-state index is 0.293. The van der Waals surface area contributed by atoms with Crippen LogP contribution in [0.2, 0.25) is 0 Å². The fourth-order valence-corrected chi connectivity index (χ4v) is 3.91. The fourth-order valence-electron chi connectivity index (χ4n) is 3.91. The molecule has 3 aromatic rings. The number of rotatable bonds is 4. The second-order valence-electron chi connectivity index (χ2n) is 7.05. The van der Waals surface area contributed by atoms with Crippen molar-refractivity contribution in [1.29, 1.82) is 0 Å². The maximum absolute atomic E-state index is 5.83. The topological polar surface area (TPSA) is 56.1 Å². The van der Waals surface area contributed by atoms with Crippen LogP contribution in [0.1, 0.15) is 17.5 Å². The molecule has 5 rings (SSSR count). The van der Waals surface area contributed by atoms with Crippen LogP contribution in [0, 0.1) is 0 Å². The number of fused-ring (bicyclic) bond motifs is 2. The van der Waals surface area contributed by atoms with E-state index in [1.54, 1.807) is 12.5 Å². The van der Waals surface area contributed by atoms with Crippen LogP contribution < -0.4 is 0 Å². The van der Waals surface area contributed by atoms with Crippen LogP contribution in [-0.2, 0) is 11.3 Å². The molecule has 2 aliphatic heterocycles. The summed E-state index contributed by atoms with van der Waals surface area (Å²) in [7, 11) is 0. The number of hydrogen-bond acceptors (Lipinski definition) is 5. The maximum Gasteiger partial charge on any atom is 0.234 e. The van der Waals surface area contributed by atoms with Crippen molar-refractivity contribution in [2.45, 2.75) is 25.0 Å². The molecule has 1 aromatic carbocycles. The highest BCUT2D eigenvalue weighted by Crippen LogP contribution is 2.33. The van der Waals surface area contributed by atoms with Crippen LogP contribution in [-0.4, -0.2) is 49.7 Å². The molecular weight excluding hydrogens is 338 g/mol. The monoisotopic (exact) mass is 359 g/mol. The molecule has 0 spiro atoms. The molecule has 1 fully saturated rings. The van der Waals surface area contributed by atoms with Crippen LogP contribution >= 0.6 is 0 Å². The lowest BCUT2D eigenvalue weighted by molar-refractivity contribution is -0.0402. The Morgan fingerprint density at radius 3 is 2.67 bits per heavy atom. The van der Waals surface area contributed by atoms with E-state index in [1.807, 2.05) is 23.2 Å². The zero-order valence-corrected chi connectivity index (χ0v) is 15.0. The van der Waals surface area contributed by atoms with Crippen LogP contribution in [0.3, 0.4) is 0 Å². The summed E-state index contributed by atoms with van der Waals surface area (Å²) in [6, 6.07) is 11.3. The van der Waals surface area contributed by atoms with E-state index >= 15 is 0 Å². The summed E-state index contributed by atoms with van der Waals surface area (Å²) in [6.07, 6.45) is 12.4. The second kappa shape index (κ2) is 7.06. The molecule has 4 heterocycles. The summed E-state index contributed by atoms with van der Waals surface area (Å²) < 4.78 is 7.64. The summed E-state index contributed by atoms with van der Waals surface area (Å²) >= 11 is 0. The number of morpholine rings is 1. The van der Waals surface area contributed by atoms with Crippen molar-refractivity contribution in [3.63, 3.8) is 0 Å². The molecule has 2 aliphatic rings. The first kappa shape index (κ1) is 16.4. The quantitative estimate of drug-likeness (QED) is 0.717. The number of benzene rings is 1. The van der Waals surface area contributed by atoms with Gasteiger partial charge in [-0.05, 0) is 17.6 Å². The normalized spacial score (nSPS) is 22.4. The van der Waals surface area contributed by atoms with Crippen molar-refractivity contribution >= 4 is 5.57 Å². The van der Waals surface area contributed by atoms with Crippen molar-refractivity contribution in [2.75, 3.05) is 13.2 Å². The average molecular weight is 359 g/mol. The number of imidazole rings is 1. The summed E-state index contributed by atoms with van der Waals surface area (Å²) in [6.45, 7) is 2.47. The van der Waals surface area contributed by atoms with Gasteiger partial charge in [0.25, 0.3) is 0 Å². The third-order valence-corrected chi connectivity index (χ3v) is 5.30. The number of nitrogens with zero attached hydrogens (tertiary/aromatic N) is 5. The molecule has 0 N–H and O–H groups in total. The fraction of sp³-hybridized carbons (Fsp3) is 0.286. The Labute approximate surface area is 158 Å². The third-order valence-electron chi connectivity index (χ3n) is 5.30. The van der Waals surface area contributed by atoms with Gasteiger partial charge in [0.1, 0.15) is 6.33 Å². The summed E-state index contributed by atoms with van der Waals surface area (Å²) in [5, 5.41) is 0. The maximum atomic E-state index is 5.83. The average Bonchev–Trinajstić information content (AvgIpc) is 3.24. The third kappa shape index (κ3) is 3.29. The molecule has 0 amide bonds. The van der Waals surface area contributed by atoms with E-state index in [0.717, 1.165) is 31.7 Å². The standard InChI is InChI=1S/C21H21N5O/c1-2-4-16(5-3-1)12-26-19-8-17(9-20(26)14-27-13-19)18-10-23-21(24-11-18)25-7-6-22-15-25/h1-8,10-11,15,19-20H,9,12-14H2. The van der Waals surface area contributed by atoms with Crippen molar-refractivity contribution in [3.05, 3.63) is 78.6 Å². The van der Waals surface area contributed by atoms with Crippen LogP contribution in [0.15, 0.2) is 67.5 Å². The van der Waals surface area contributed by atoms with E-state index in [4.69, 9.17) is 4.74 Å². The van der Waals surface area contributed by atoms with Gasteiger partial charge in [0.15, 0.2) is 0 Å². The molecule has 6 heteroatoms. The SMILES string of the molecule is C1=C(c2cnc(-n3ccnc3)nc2)CC2COCC1N2Cc1ccccc1. The van der Waals surface area contributed by atoms with Crippen molar-refractivity contribution in [3.8, 4) is 5.95 Å². The zero-order chi connectivity index (χ0) is 18.1. The van der Waals surface area contributed by atoms with E-state index in [2.05, 4.69) is 56.3 Å². The van der Waals surface area contributed by atoms with Crippen LogP contribution in [0.5, 0.6) is 0 Å². The highest BCUT2D eigenvalue weighted by atomic mass is 16.5. The molecule has 0 aliphatic carbocycles. The van der Waals surface area contributed by atoms with Crippen molar-refractivity contribution in [1.82, 2.24) is 24.4 Å². The van der Waals surface area contributed by atoms with Gasteiger partial charge in [0, 0.05) is 42.9 Å². The Kier molecular flexibility index (Phi) is 4.27. The van der Waals surface area contributed by atoms with E-state index in [-0.39, 0.29) is 0 Å². The van der Waals surface area contributed by atoms with E-state index in [1.165, 1.54) is 11.1 Å². The lowest BCUT2D eigenvalue weighted by atomic mass is 9.90. The number of ether oxygens (including phenoxy) is 1. The Hall–Kier alpha value is -2.83. The first-order chi connectivity index (χ1) is 13.4. The molecule has 2 atom stereocenters. The molecule has 136 valence electrons. The van der Waals surface area contributed by atoms with Gasteiger partial charge in [-0.3, -0.25) is 9.47 Å². The predicted molar refractivity (Wildman–Crippen MR) is 102 cm³/mol. The molecule has 0 radical (unpaired) electrons. The number of aromatic nitrogens is 4. The molecule has 6 nitrogen and oxygen atoms in total. The van der Waals surface area contributed by atoms with E-state index in [9.17, 15) is 0 Å². The molecule has 2 unspecified atom stereocenters. The summed E-state index contributed by atoms with van der Waals surface area (Å²) in [5.74, 6) is 0.641. The van der Waals surface area contributed by atoms with Crippen molar-refractivity contribution < 1.29 is 4.74 Å². The van der Waals surface area contributed by atoms with Gasteiger partial charge in [-0.1, -0.05) is 36.4 Å². The van der Waals surface area contributed by atoms with Gasteiger partial charge in [-0.2, -0.15) is 0 Å². The molecular formula is C21H21N5O. The molecule has 1 saturated heterocycles. The van der Waals surface area contributed by atoms with Gasteiger partial charge in [-0.15, -0.1) is 0 Å². The van der Waals surface area contributed by atoms with Gasteiger partial charge >= 0.3 is 0 Å². The Balaban J connectivity index is 1.38. The van der Waals surface area contributed by atoms with Crippen LogP contribution in [0.4, 0.5) is 0 Å². The Morgan fingerprint density at radius 1 is 1.07 bits per heavy atom. The second-order valence-corrected chi connectivity index (χ2v) is 7.05. The summed E-state index contributed by atoms with van der Waals surface area (Å²) in [5.41, 5.74) is 3.75. The molecule has 27 heavy (non-hydrogen) atoms. The molecule has 2 aromatic heterocycles. The first-order valence-electron chi connectivity index (χ1n) is 9.26. The van der Waals surface area contributed by atoms with Gasteiger partial charge in [-0.25, -0.2) is 15.0 Å². The minimum Gasteiger partial charge on any atom is -0.378 e. The van der Waals surface area contributed by atoms with Gasteiger partial charge in [0.05, 0.1) is 19.3 Å². The first-order valence-corrected chi connectivity index (χ1v) is 9.26. The highest BCUT2D eigenvalue weighted by Gasteiger charge is 2.35. The molecule has 2 bridgehead atoms. The van der Waals surface area contributed by atoms with Crippen molar-refractivity contribution in [2.24, 2.45) is 0 Å². The molecule has 0 saturated carbocycles. The van der Waals surface area contributed by atoms with E-state index < -0.39 is 0 Å². The Bertz CT molecular complexity index is 921. The van der Waals surface area contributed by atoms with Crippen LogP contribution in [0.25, 0.3) is 11.5 Å². The highest BCUT2D eigenvalue weighted by molar-refractivity contribution is 5.66. The predicted octanol–water partition coefficient (Wildman–Crippen LogP) is 2.72. The lowest BCUT2D eigenvalue weighted by Crippen LogP contribution is -2.53.